The predicted octanol–water partition coefficient (Wildman–Crippen LogP) is 5.51. The first-order valence-electron chi connectivity index (χ1n) is 10.4. The number of carboxylic acids is 1. The molecule has 1 aliphatic heterocycles. The molecule has 164 valence electrons. The summed E-state index contributed by atoms with van der Waals surface area (Å²) in [5.74, 6) is 0.512. The predicted molar refractivity (Wildman–Crippen MR) is 130 cm³/mol. The maximum Gasteiger partial charge on any atom is 0.303 e. The lowest BCUT2D eigenvalue weighted by atomic mass is 10.0. The van der Waals surface area contributed by atoms with E-state index in [4.69, 9.17) is 22.1 Å². The maximum absolute atomic E-state index is 13.0. The van der Waals surface area contributed by atoms with Gasteiger partial charge in [-0.05, 0) is 42.7 Å². The Morgan fingerprint density at radius 3 is 2.66 bits per heavy atom. The number of aryl methyl sites for hydroxylation is 1. The number of ether oxygens (including phenoxy) is 1. The van der Waals surface area contributed by atoms with Gasteiger partial charge in [0, 0.05) is 24.5 Å². The third kappa shape index (κ3) is 4.49. The van der Waals surface area contributed by atoms with Gasteiger partial charge < -0.3 is 9.84 Å². The van der Waals surface area contributed by atoms with E-state index in [0.29, 0.717) is 22.2 Å². The van der Waals surface area contributed by atoms with Crippen LogP contribution in [-0.4, -0.2) is 32.7 Å². The number of nitrogens with zero attached hydrogens (tertiary/aromatic N) is 1. The summed E-state index contributed by atoms with van der Waals surface area (Å²) in [5.41, 5.74) is 4.22. The number of thioether (sulfide) groups is 1. The van der Waals surface area contributed by atoms with Gasteiger partial charge >= 0.3 is 5.97 Å². The highest BCUT2D eigenvalue weighted by Gasteiger charge is 2.35. The minimum absolute atomic E-state index is 0.000683. The van der Waals surface area contributed by atoms with Crippen LogP contribution >= 0.6 is 24.0 Å². The highest BCUT2D eigenvalue weighted by molar-refractivity contribution is 8.26. The van der Waals surface area contributed by atoms with E-state index in [0.717, 1.165) is 33.8 Å². The number of benzene rings is 2. The van der Waals surface area contributed by atoms with Gasteiger partial charge in [-0.3, -0.25) is 14.5 Å². The number of carbonyl (C=O) groups excluding carboxylic acids is 1. The molecule has 7 heteroatoms. The molecule has 5 nitrogen and oxygen atoms in total. The number of fused-ring (bicyclic) bond motifs is 1. The zero-order chi connectivity index (χ0) is 22.8. The number of carboxylic acid groups (broad SMARTS) is 1. The summed E-state index contributed by atoms with van der Waals surface area (Å²) in [4.78, 5) is 25.8. The first-order valence-corrected chi connectivity index (χ1v) is 11.6. The van der Waals surface area contributed by atoms with Crippen molar-refractivity contribution in [3.05, 3.63) is 82.0 Å². The molecular formula is C25H23NO4S2. The summed E-state index contributed by atoms with van der Waals surface area (Å²) in [6.45, 7) is 4.42. The van der Waals surface area contributed by atoms with Crippen LogP contribution in [0.3, 0.4) is 0 Å². The van der Waals surface area contributed by atoms with Gasteiger partial charge in [-0.2, -0.15) is 0 Å². The number of amides is 1. The number of carbonyl (C=O) groups is 2. The quantitative estimate of drug-likeness (QED) is 0.430. The summed E-state index contributed by atoms with van der Waals surface area (Å²) in [6.07, 6.45) is 2.22. The summed E-state index contributed by atoms with van der Waals surface area (Å²) in [6, 6.07) is 16.0. The van der Waals surface area contributed by atoms with Gasteiger partial charge in [-0.25, -0.2) is 0 Å². The molecule has 1 heterocycles. The Morgan fingerprint density at radius 2 is 1.94 bits per heavy atom. The summed E-state index contributed by atoms with van der Waals surface area (Å²) >= 11 is 6.64. The maximum atomic E-state index is 13.0. The molecule has 4 rings (SSSR count). The topological polar surface area (TPSA) is 66.8 Å². The van der Waals surface area contributed by atoms with Crippen molar-refractivity contribution in [3.8, 4) is 5.75 Å². The molecule has 0 radical (unpaired) electrons. The molecule has 2 aromatic carbocycles. The lowest BCUT2D eigenvalue weighted by Crippen LogP contribution is -2.29. The van der Waals surface area contributed by atoms with E-state index >= 15 is 0 Å². The molecule has 1 amide bonds. The van der Waals surface area contributed by atoms with E-state index < -0.39 is 5.97 Å². The zero-order valence-electron chi connectivity index (χ0n) is 17.8. The van der Waals surface area contributed by atoms with Crippen molar-refractivity contribution < 1.29 is 19.4 Å². The normalized spacial score (nSPS) is 19.1. The molecule has 1 atom stereocenters. The fraction of sp³-hybridized carbons (Fsp3) is 0.240. The SMILES string of the molecule is Cc1ccc(OC2=C(C=C3SC(=S)N(CCCC(=O)O)C3=O)c3ccccc3C2C)cc1. The lowest BCUT2D eigenvalue weighted by Gasteiger charge is -2.14. The van der Waals surface area contributed by atoms with Crippen molar-refractivity contribution in [2.45, 2.75) is 32.6 Å². The molecule has 1 saturated heterocycles. The van der Waals surface area contributed by atoms with Crippen LogP contribution in [0.4, 0.5) is 0 Å². The number of rotatable bonds is 7. The number of hydrogen-bond donors (Lipinski definition) is 1. The van der Waals surface area contributed by atoms with E-state index in [2.05, 4.69) is 13.0 Å². The zero-order valence-corrected chi connectivity index (χ0v) is 19.5. The van der Waals surface area contributed by atoms with Crippen molar-refractivity contribution >= 4 is 45.7 Å². The molecule has 1 aliphatic carbocycles. The third-order valence-corrected chi connectivity index (χ3v) is 6.92. The van der Waals surface area contributed by atoms with Crippen LogP contribution in [-0.2, 0) is 9.59 Å². The van der Waals surface area contributed by atoms with Crippen LogP contribution in [0.1, 0.15) is 42.4 Å². The second kappa shape index (κ2) is 9.30. The Hall–Kier alpha value is -2.90. The second-order valence-corrected chi connectivity index (χ2v) is 9.51. The first kappa shape index (κ1) is 22.3. The number of thiocarbonyl (C=S) groups is 1. The molecular weight excluding hydrogens is 442 g/mol. The Labute approximate surface area is 196 Å². The monoisotopic (exact) mass is 465 g/mol. The van der Waals surface area contributed by atoms with Crippen molar-refractivity contribution in [2.75, 3.05) is 6.54 Å². The molecule has 0 spiro atoms. The lowest BCUT2D eigenvalue weighted by molar-refractivity contribution is -0.137. The first-order chi connectivity index (χ1) is 15.3. The van der Waals surface area contributed by atoms with Crippen LogP contribution in [0.25, 0.3) is 5.57 Å². The van der Waals surface area contributed by atoms with Crippen LogP contribution < -0.4 is 4.74 Å². The molecule has 2 aliphatic rings. The Balaban J connectivity index is 1.67. The van der Waals surface area contributed by atoms with E-state index in [9.17, 15) is 9.59 Å². The molecule has 1 unspecified atom stereocenters. The highest BCUT2D eigenvalue weighted by atomic mass is 32.2. The summed E-state index contributed by atoms with van der Waals surface area (Å²) < 4.78 is 6.78. The second-order valence-electron chi connectivity index (χ2n) is 7.83. The van der Waals surface area contributed by atoms with Crippen molar-refractivity contribution in [3.63, 3.8) is 0 Å². The molecule has 32 heavy (non-hydrogen) atoms. The average Bonchev–Trinajstić information content (AvgIpc) is 3.18. The Bertz CT molecular complexity index is 1150. The van der Waals surface area contributed by atoms with Gasteiger partial charge in [0.25, 0.3) is 5.91 Å². The van der Waals surface area contributed by atoms with E-state index in [-0.39, 0.29) is 18.2 Å². The van der Waals surface area contributed by atoms with Crippen LogP contribution in [0.2, 0.25) is 0 Å². The third-order valence-electron chi connectivity index (χ3n) is 5.55. The molecule has 0 aromatic heterocycles. The van der Waals surface area contributed by atoms with Crippen molar-refractivity contribution in [1.82, 2.24) is 4.90 Å². The summed E-state index contributed by atoms with van der Waals surface area (Å²) in [5, 5.41) is 8.87. The number of hydrogen-bond acceptors (Lipinski definition) is 5. The minimum Gasteiger partial charge on any atom is -0.481 e. The van der Waals surface area contributed by atoms with Crippen molar-refractivity contribution in [1.29, 1.82) is 0 Å². The van der Waals surface area contributed by atoms with Crippen LogP contribution in [0.5, 0.6) is 5.75 Å². The van der Waals surface area contributed by atoms with Gasteiger partial charge in [-0.15, -0.1) is 0 Å². The molecule has 0 bridgehead atoms. The molecule has 1 fully saturated rings. The van der Waals surface area contributed by atoms with Gasteiger partial charge in [0.15, 0.2) is 0 Å². The Kier molecular flexibility index (Phi) is 6.48. The van der Waals surface area contributed by atoms with E-state index in [1.165, 1.54) is 16.7 Å². The van der Waals surface area contributed by atoms with Crippen LogP contribution in [0.15, 0.2) is 65.3 Å². The number of aliphatic carboxylic acids is 1. The molecule has 2 aromatic rings. The standard InChI is InChI=1S/C25H23NO4S2/c1-15-9-11-17(12-10-15)30-23-16(2)18-6-3-4-7-19(18)20(23)14-21-24(29)26(25(31)32-21)13-5-8-22(27)28/h3-4,6-7,9-12,14,16H,5,8,13H2,1-2H3,(H,27,28). The van der Waals surface area contributed by atoms with Gasteiger partial charge in [-0.1, -0.05) is 72.9 Å². The van der Waals surface area contributed by atoms with E-state index in [1.807, 2.05) is 55.5 Å². The molecule has 1 N–H and O–H groups in total. The fourth-order valence-corrected chi connectivity index (χ4v) is 5.16. The van der Waals surface area contributed by atoms with Crippen molar-refractivity contribution in [2.24, 2.45) is 0 Å². The number of allylic oxidation sites excluding steroid dienone is 3. The smallest absolute Gasteiger partial charge is 0.303 e. The largest absolute Gasteiger partial charge is 0.481 e. The fourth-order valence-electron chi connectivity index (χ4n) is 3.86. The van der Waals surface area contributed by atoms with Gasteiger partial charge in [0.05, 0.1) is 4.91 Å². The Morgan fingerprint density at radius 1 is 1.22 bits per heavy atom. The van der Waals surface area contributed by atoms with E-state index in [1.54, 1.807) is 0 Å². The minimum atomic E-state index is -0.884. The van der Waals surface area contributed by atoms with Gasteiger partial charge in [0.1, 0.15) is 15.8 Å². The van der Waals surface area contributed by atoms with Gasteiger partial charge in [0.2, 0.25) is 0 Å². The molecule has 0 saturated carbocycles. The van der Waals surface area contributed by atoms with Crippen LogP contribution in [0, 0.1) is 6.92 Å². The highest BCUT2D eigenvalue weighted by Crippen LogP contribution is 2.45. The summed E-state index contributed by atoms with van der Waals surface area (Å²) in [7, 11) is 0. The average molecular weight is 466 g/mol.